The van der Waals surface area contributed by atoms with Crippen LogP contribution in [-0.2, 0) is 20.7 Å². The highest BCUT2D eigenvalue weighted by atomic mass is 16.5. The number of esters is 1. The first-order chi connectivity index (χ1) is 12.0. The molecular weight excluding hydrogens is 316 g/mol. The molecule has 0 saturated heterocycles. The number of hydrogen-bond acceptors (Lipinski definition) is 4. The average molecular weight is 342 g/mol. The molecule has 1 aromatic rings. The Balaban J connectivity index is 1.84. The largest absolute Gasteiger partial charge is 0.489 e. The lowest BCUT2D eigenvalue weighted by molar-refractivity contribution is -0.147. The van der Waals surface area contributed by atoms with E-state index >= 15 is 0 Å². The molecule has 0 amide bonds. The molecule has 1 unspecified atom stereocenters. The van der Waals surface area contributed by atoms with Crippen molar-refractivity contribution in [2.75, 3.05) is 0 Å². The number of benzene rings is 1. The Morgan fingerprint density at radius 1 is 1.32 bits per heavy atom. The summed E-state index contributed by atoms with van der Waals surface area (Å²) >= 11 is 0. The number of ether oxygens (including phenoxy) is 2. The van der Waals surface area contributed by atoms with Crippen molar-refractivity contribution in [1.82, 2.24) is 0 Å². The van der Waals surface area contributed by atoms with Crippen molar-refractivity contribution in [2.45, 2.75) is 64.6 Å². The Morgan fingerprint density at radius 3 is 2.80 bits per heavy atom. The van der Waals surface area contributed by atoms with Gasteiger partial charge in [0.2, 0.25) is 0 Å². The fraction of sp³-hybridized carbons (Fsp3) is 0.524. The highest BCUT2D eigenvalue weighted by molar-refractivity contribution is 5.75. The van der Waals surface area contributed by atoms with Gasteiger partial charge in [0.25, 0.3) is 0 Å². The summed E-state index contributed by atoms with van der Waals surface area (Å²) in [6, 6.07) is 6.29. The van der Waals surface area contributed by atoms with E-state index in [2.05, 4.69) is 24.3 Å². The van der Waals surface area contributed by atoms with Gasteiger partial charge in [0, 0.05) is 37.2 Å². The molecule has 25 heavy (non-hydrogen) atoms. The Kier molecular flexibility index (Phi) is 5.26. The van der Waals surface area contributed by atoms with Gasteiger partial charge < -0.3 is 14.3 Å². The summed E-state index contributed by atoms with van der Waals surface area (Å²) < 4.78 is 11.8. The van der Waals surface area contributed by atoms with Gasteiger partial charge in [-0.2, -0.15) is 0 Å². The third-order valence-electron chi connectivity index (χ3n) is 5.17. The number of fused-ring (bicyclic) bond motifs is 3. The number of rotatable bonds is 6. The van der Waals surface area contributed by atoms with E-state index in [0.717, 1.165) is 25.0 Å². The predicted octanol–water partition coefficient (Wildman–Crippen LogP) is 3.97. The molecule has 1 saturated carbocycles. The van der Waals surface area contributed by atoms with Crippen molar-refractivity contribution in [2.24, 2.45) is 5.92 Å². The fourth-order valence-corrected chi connectivity index (χ4v) is 4.23. The summed E-state index contributed by atoms with van der Waals surface area (Å²) in [6.45, 7) is 5.09. The van der Waals surface area contributed by atoms with E-state index in [1.807, 2.05) is 13.0 Å². The average Bonchev–Trinajstić information content (AvgIpc) is 3.04. The maximum atomic E-state index is 11.4. The van der Waals surface area contributed by atoms with Crippen LogP contribution in [0.25, 0.3) is 0 Å². The van der Waals surface area contributed by atoms with Crippen LogP contribution >= 0.6 is 0 Å². The summed E-state index contributed by atoms with van der Waals surface area (Å²) in [4.78, 5) is 22.6. The molecule has 0 N–H and O–H groups in total. The van der Waals surface area contributed by atoms with Gasteiger partial charge in [-0.25, -0.2) is 0 Å². The first-order valence-corrected chi connectivity index (χ1v) is 9.09. The van der Waals surface area contributed by atoms with Gasteiger partial charge in [-0.1, -0.05) is 30.4 Å². The van der Waals surface area contributed by atoms with E-state index < -0.39 is 0 Å². The third-order valence-corrected chi connectivity index (χ3v) is 5.17. The van der Waals surface area contributed by atoms with E-state index in [4.69, 9.17) is 9.47 Å². The van der Waals surface area contributed by atoms with Crippen LogP contribution in [0.4, 0.5) is 0 Å². The van der Waals surface area contributed by atoms with E-state index in [-0.39, 0.29) is 35.8 Å². The molecule has 134 valence electrons. The summed E-state index contributed by atoms with van der Waals surface area (Å²) in [5, 5.41) is 0. The zero-order valence-corrected chi connectivity index (χ0v) is 15.2. The first-order valence-electron chi connectivity index (χ1n) is 9.09. The van der Waals surface area contributed by atoms with Gasteiger partial charge in [0.1, 0.15) is 23.7 Å². The number of aryl methyl sites for hydroxylation is 1. The van der Waals surface area contributed by atoms with Crippen LogP contribution in [0.15, 0.2) is 30.4 Å². The van der Waals surface area contributed by atoms with Gasteiger partial charge in [-0.3, -0.25) is 4.79 Å². The van der Waals surface area contributed by atoms with Crippen molar-refractivity contribution < 1.29 is 19.1 Å². The minimum Gasteiger partial charge on any atom is -0.489 e. The molecule has 0 aromatic heterocycles. The monoisotopic (exact) mass is 342 g/mol. The molecule has 4 heteroatoms. The van der Waals surface area contributed by atoms with Gasteiger partial charge in [-0.05, 0) is 32.3 Å². The molecular formula is C21H26O4. The van der Waals surface area contributed by atoms with Gasteiger partial charge in [-0.15, -0.1) is 0 Å². The highest BCUT2D eigenvalue weighted by Gasteiger charge is 2.50. The smallest absolute Gasteiger partial charge is 0.302 e. The lowest BCUT2D eigenvalue weighted by Crippen LogP contribution is -2.22. The predicted molar refractivity (Wildman–Crippen MR) is 95.7 cm³/mol. The number of para-hydroxylation sites is 1. The summed E-state index contributed by atoms with van der Waals surface area (Å²) in [6.07, 6.45) is 7.11. The maximum Gasteiger partial charge on any atom is 0.302 e. The Morgan fingerprint density at radius 2 is 2.12 bits per heavy atom. The van der Waals surface area contributed by atoms with Gasteiger partial charge in [0.05, 0.1) is 0 Å². The molecule has 4 nitrogen and oxygen atoms in total. The second-order valence-electron chi connectivity index (χ2n) is 7.06. The zero-order valence-electron chi connectivity index (χ0n) is 15.2. The standard InChI is InChI=1S/C21H26O4/c1-4-7-16-18(24-14(3)23)12-19-20(16)17-11-6-10-15(21(17)25-19)9-5-8-13(2)22/h4,6-7,10-11,16,18-20H,5,8-9,12H2,1-3H3/b7-4+/t16-,18+,19-,20?/m0/s1. The quantitative estimate of drug-likeness (QED) is 0.580. The number of carbonyl (C=O) groups excluding carboxylic acids is 2. The second-order valence-corrected chi connectivity index (χ2v) is 7.06. The highest BCUT2D eigenvalue weighted by Crippen LogP contribution is 2.52. The Hall–Kier alpha value is -2.10. The summed E-state index contributed by atoms with van der Waals surface area (Å²) in [7, 11) is 0. The minimum atomic E-state index is -0.238. The van der Waals surface area contributed by atoms with Gasteiger partial charge in [0.15, 0.2) is 0 Å². The Labute approximate surface area is 149 Å². The number of Topliss-reactive ketones (excluding diaryl/α,β-unsaturated/α-hetero) is 1. The first kappa shape index (κ1) is 17.7. The number of ketones is 1. The van der Waals surface area contributed by atoms with Crippen LogP contribution in [0.3, 0.4) is 0 Å². The molecule has 1 aliphatic heterocycles. The molecule has 1 heterocycles. The van der Waals surface area contributed by atoms with E-state index in [0.29, 0.717) is 6.42 Å². The van der Waals surface area contributed by atoms with Crippen molar-refractivity contribution in [3.8, 4) is 5.75 Å². The zero-order chi connectivity index (χ0) is 18.0. The third kappa shape index (κ3) is 3.63. The van der Waals surface area contributed by atoms with Crippen LogP contribution in [0, 0.1) is 5.92 Å². The molecule has 0 spiro atoms. The number of hydrogen-bond donors (Lipinski definition) is 0. The molecule has 0 bridgehead atoms. The van der Waals surface area contributed by atoms with Crippen LogP contribution in [0.2, 0.25) is 0 Å². The minimum absolute atomic E-state index is 0.0505. The number of carbonyl (C=O) groups is 2. The van der Waals surface area contributed by atoms with Crippen LogP contribution in [0.5, 0.6) is 5.75 Å². The molecule has 1 aliphatic carbocycles. The maximum absolute atomic E-state index is 11.4. The molecule has 1 aromatic carbocycles. The van der Waals surface area contributed by atoms with Crippen LogP contribution in [0.1, 0.15) is 57.1 Å². The van der Waals surface area contributed by atoms with Crippen LogP contribution in [-0.4, -0.2) is 24.0 Å². The molecule has 1 fully saturated rings. The summed E-state index contributed by atoms with van der Waals surface area (Å²) in [5.74, 6) is 1.34. The second kappa shape index (κ2) is 7.42. The normalized spacial score (nSPS) is 27.0. The molecule has 0 radical (unpaired) electrons. The molecule has 2 aliphatic rings. The van der Waals surface area contributed by atoms with Crippen molar-refractivity contribution in [1.29, 1.82) is 0 Å². The number of allylic oxidation sites excluding steroid dienone is 1. The summed E-state index contributed by atoms with van der Waals surface area (Å²) in [5.41, 5.74) is 2.39. The lowest BCUT2D eigenvalue weighted by Gasteiger charge is -2.20. The van der Waals surface area contributed by atoms with E-state index in [9.17, 15) is 9.59 Å². The Bertz CT molecular complexity index is 691. The van der Waals surface area contributed by atoms with Gasteiger partial charge >= 0.3 is 5.97 Å². The SMILES string of the molecule is C/C=C/[C@@H]1C2c3cccc(CCCC(C)=O)c3O[C@H]2C[C@H]1OC(C)=O. The van der Waals surface area contributed by atoms with Crippen molar-refractivity contribution in [3.05, 3.63) is 41.5 Å². The van der Waals surface area contributed by atoms with Crippen molar-refractivity contribution in [3.63, 3.8) is 0 Å². The lowest BCUT2D eigenvalue weighted by atomic mass is 9.86. The molecule has 3 rings (SSSR count). The van der Waals surface area contributed by atoms with E-state index in [1.54, 1.807) is 6.92 Å². The van der Waals surface area contributed by atoms with E-state index in [1.165, 1.54) is 18.1 Å². The van der Waals surface area contributed by atoms with Crippen LogP contribution < -0.4 is 4.74 Å². The topological polar surface area (TPSA) is 52.6 Å². The molecule has 4 atom stereocenters. The van der Waals surface area contributed by atoms with Crippen molar-refractivity contribution >= 4 is 11.8 Å². The fourth-order valence-electron chi connectivity index (χ4n) is 4.23.